The van der Waals surface area contributed by atoms with Crippen LogP contribution in [0.15, 0.2) is 0 Å². The number of aliphatic hydroxyl groups is 1. The molecule has 1 amide bonds. The molecule has 5 heteroatoms. The molecule has 5 nitrogen and oxygen atoms in total. The molecule has 1 unspecified atom stereocenters. The molecule has 1 heterocycles. The molecule has 1 aliphatic carbocycles. The van der Waals surface area contributed by atoms with Crippen LogP contribution in [0, 0.1) is 5.92 Å². The van der Waals surface area contributed by atoms with E-state index in [0.29, 0.717) is 24.5 Å². The molecule has 1 saturated heterocycles. The molecular weight excluding hydrogens is 290 g/mol. The predicted molar refractivity (Wildman–Crippen MR) is 93.4 cm³/mol. The molecule has 0 aromatic rings. The van der Waals surface area contributed by atoms with Gasteiger partial charge >= 0.3 is 0 Å². The summed E-state index contributed by atoms with van der Waals surface area (Å²) in [6.45, 7) is 8.77. The van der Waals surface area contributed by atoms with Crippen LogP contribution in [-0.2, 0) is 4.79 Å². The smallest absolute Gasteiger partial charge is 0.236 e. The first-order chi connectivity index (χ1) is 11.0. The van der Waals surface area contributed by atoms with Gasteiger partial charge in [-0.3, -0.25) is 14.6 Å². The lowest BCUT2D eigenvalue weighted by atomic mass is 10.1. The van der Waals surface area contributed by atoms with Gasteiger partial charge in [0.25, 0.3) is 0 Å². The maximum Gasteiger partial charge on any atom is 0.236 e. The lowest BCUT2D eigenvalue weighted by Crippen LogP contribution is -2.57. The van der Waals surface area contributed by atoms with Crippen molar-refractivity contribution in [3.05, 3.63) is 0 Å². The van der Waals surface area contributed by atoms with Crippen LogP contribution in [0.1, 0.15) is 46.0 Å². The Balaban J connectivity index is 1.86. The van der Waals surface area contributed by atoms with Crippen molar-refractivity contribution in [1.29, 1.82) is 0 Å². The van der Waals surface area contributed by atoms with Crippen molar-refractivity contribution in [3.8, 4) is 0 Å². The minimum Gasteiger partial charge on any atom is -0.396 e. The van der Waals surface area contributed by atoms with E-state index in [1.165, 1.54) is 25.7 Å². The van der Waals surface area contributed by atoms with Crippen LogP contribution in [0.25, 0.3) is 0 Å². The van der Waals surface area contributed by atoms with Gasteiger partial charge in [-0.15, -0.1) is 0 Å². The van der Waals surface area contributed by atoms with E-state index in [1.807, 2.05) is 4.90 Å². The van der Waals surface area contributed by atoms with Crippen LogP contribution < -0.4 is 0 Å². The highest BCUT2D eigenvalue weighted by molar-refractivity contribution is 5.78. The van der Waals surface area contributed by atoms with E-state index < -0.39 is 0 Å². The van der Waals surface area contributed by atoms with Gasteiger partial charge in [0.2, 0.25) is 5.91 Å². The third-order valence-corrected chi connectivity index (χ3v) is 5.35. The lowest BCUT2D eigenvalue weighted by Gasteiger charge is -2.42. The Labute approximate surface area is 141 Å². The minimum absolute atomic E-state index is 0.198. The van der Waals surface area contributed by atoms with Crippen LogP contribution in [0.3, 0.4) is 0 Å². The predicted octanol–water partition coefficient (Wildman–Crippen LogP) is 1.41. The maximum atomic E-state index is 12.6. The zero-order chi connectivity index (χ0) is 16.8. The number of piperazine rings is 1. The van der Waals surface area contributed by atoms with E-state index in [2.05, 4.69) is 30.7 Å². The van der Waals surface area contributed by atoms with Crippen molar-refractivity contribution in [2.75, 3.05) is 46.4 Å². The normalized spacial score (nSPS) is 24.1. The van der Waals surface area contributed by atoms with Crippen molar-refractivity contribution in [3.63, 3.8) is 0 Å². The largest absolute Gasteiger partial charge is 0.396 e. The highest BCUT2D eigenvalue weighted by atomic mass is 16.3. The second-order valence-corrected chi connectivity index (χ2v) is 7.75. The number of likely N-dealkylation sites (N-methyl/N-ethyl adjacent to an activating group) is 1. The molecule has 134 valence electrons. The molecule has 2 fully saturated rings. The van der Waals surface area contributed by atoms with Gasteiger partial charge in [0.1, 0.15) is 0 Å². The fraction of sp³-hybridized carbons (Fsp3) is 0.944. The molecule has 0 aromatic heterocycles. The SMILES string of the molecule is CC(C)CN1CCN(C(=O)CN(C)C2CCCC2)CC1CCO. The highest BCUT2D eigenvalue weighted by Gasteiger charge is 2.30. The Kier molecular flexibility index (Phi) is 7.31. The summed E-state index contributed by atoms with van der Waals surface area (Å²) in [5.74, 6) is 0.874. The molecule has 0 spiro atoms. The van der Waals surface area contributed by atoms with Gasteiger partial charge in [0.15, 0.2) is 0 Å². The summed E-state index contributed by atoms with van der Waals surface area (Å²) >= 11 is 0. The average molecular weight is 325 g/mol. The quantitative estimate of drug-likeness (QED) is 0.769. The van der Waals surface area contributed by atoms with Crippen LogP contribution >= 0.6 is 0 Å². The number of aliphatic hydroxyl groups excluding tert-OH is 1. The van der Waals surface area contributed by atoms with Crippen molar-refractivity contribution in [1.82, 2.24) is 14.7 Å². The molecule has 1 N–H and O–H groups in total. The van der Waals surface area contributed by atoms with Gasteiger partial charge in [-0.05, 0) is 32.2 Å². The molecule has 2 rings (SSSR count). The number of hydrogen-bond donors (Lipinski definition) is 1. The number of amides is 1. The Bertz CT molecular complexity index is 369. The fourth-order valence-electron chi connectivity index (χ4n) is 4.04. The molecule has 1 atom stereocenters. The summed E-state index contributed by atoms with van der Waals surface area (Å²) in [5, 5.41) is 9.35. The number of hydrogen-bond acceptors (Lipinski definition) is 4. The monoisotopic (exact) mass is 325 g/mol. The maximum absolute atomic E-state index is 12.6. The number of carbonyl (C=O) groups excluding carboxylic acids is 1. The number of nitrogens with zero attached hydrogens (tertiary/aromatic N) is 3. The number of carbonyl (C=O) groups is 1. The number of rotatable bonds is 7. The first-order valence-electron chi connectivity index (χ1n) is 9.34. The van der Waals surface area contributed by atoms with E-state index in [9.17, 15) is 9.90 Å². The van der Waals surface area contributed by atoms with Crippen molar-refractivity contribution < 1.29 is 9.90 Å². The molecule has 2 aliphatic rings. The van der Waals surface area contributed by atoms with Crippen molar-refractivity contribution >= 4 is 5.91 Å². The summed E-state index contributed by atoms with van der Waals surface area (Å²) in [6.07, 6.45) is 5.83. The Morgan fingerprint density at radius 3 is 2.57 bits per heavy atom. The minimum atomic E-state index is 0.198. The Morgan fingerprint density at radius 1 is 1.26 bits per heavy atom. The third-order valence-electron chi connectivity index (χ3n) is 5.35. The summed E-state index contributed by atoms with van der Waals surface area (Å²) in [5.41, 5.74) is 0. The van der Waals surface area contributed by atoms with Crippen LogP contribution in [0.5, 0.6) is 0 Å². The Morgan fingerprint density at radius 2 is 1.96 bits per heavy atom. The van der Waals surface area contributed by atoms with Crippen LogP contribution in [0.2, 0.25) is 0 Å². The second kappa shape index (κ2) is 9.00. The summed E-state index contributed by atoms with van der Waals surface area (Å²) < 4.78 is 0. The van der Waals surface area contributed by atoms with E-state index in [4.69, 9.17) is 0 Å². The van der Waals surface area contributed by atoms with Crippen molar-refractivity contribution in [2.24, 2.45) is 5.92 Å². The zero-order valence-electron chi connectivity index (χ0n) is 15.2. The molecular formula is C18H35N3O2. The van der Waals surface area contributed by atoms with E-state index in [-0.39, 0.29) is 12.5 Å². The summed E-state index contributed by atoms with van der Waals surface area (Å²) in [6, 6.07) is 0.895. The third kappa shape index (κ3) is 5.44. The van der Waals surface area contributed by atoms with Gasteiger partial charge in [-0.1, -0.05) is 26.7 Å². The molecule has 1 aliphatic heterocycles. The van der Waals surface area contributed by atoms with Gasteiger partial charge in [-0.25, -0.2) is 0 Å². The second-order valence-electron chi connectivity index (χ2n) is 7.75. The topological polar surface area (TPSA) is 47.0 Å². The van der Waals surface area contributed by atoms with Gasteiger partial charge in [0.05, 0.1) is 6.54 Å². The first-order valence-corrected chi connectivity index (χ1v) is 9.34. The average Bonchev–Trinajstić information content (AvgIpc) is 3.03. The highest BCUT2D eigenvalue weighted by Crippen LogP contribution is 2.22. The van der Waals surface area contributed by atoms with Crippen LogP contribution in [-0.4, -0.2) is 84.2 Å². The van der Waals surface area contributed by atoms with E-state index >= 15 is 0 Å². The molecule has 0 radical (unpaired) electrons. The van der Waals surface area contributed by atoms with Gasteiger partial charge < -0.3 is 10.0 Å². The molecule has 23 heavy (non-hydrogen) atoms. The van der Waals surface area contributed by atoms with E-state index in [1.54, 1.807) is 0 Å². The van der Waals surface area contributed by atoms with Crippen molar-refractivity contribution in [2.45, 2.75) is 58.0 Å². The lowest BCUT2D eigenvalue weighted by molar-refractivity contribution is -0.136. The molecule has 0 aromatic carbocycles. The first kappa shape index (κ1) is 18.7. The standard InChI is InChI=1S/C18H35N3O2/c1-15(2)12-20-9-10-21(13-17(20)8-11-22)18(23)14-19(3)16-6-4-5-7-16/h15-17,22H,4-14H2,1-3H3. The fourth-order valence-corrected chi connectivity index (χ4v) is 4.04. The van der Waals surface area contributed by atoms with Gasteiger partial charge in [-0.2, -0.15) is 0 Å². The summed E-state index contributed by atoms with van der Waals surface area (Å²) in [4.78, 5) is 19.4. The van der Waals surface area contributed by atoms with Crippen LogP contribution in [0.4, 0.5) is 0 Å². The molecule has 0 bridgehead atoms. The van der Waals surface area contributed by atoms with E-state index in [0.717, 1.165) is 32.6 Å². The zero-order valence-corrected chi connectivity index (χ0v) is 15.2. The van der Waals surface area contributed by atoms with Gasteiger partial charge in [0, 0.05) is 44.9 Å². The molecule has 1 saturated carbocycles. The Hall–Kier alpha value is -0.650. The summed E-state index contributed by atoms with van der Waals surface area (Å²) in [7, 11) is 2.09.